The Morgan fingerprint density at radius 1 is 1.20 bits per heavy atom. The van der Waals surface area contributed by atoms with Crippen LogP contribution < -0.4 is 14.8 Å². The van der Waals surface area contributed by atoms with Gasteiger partial charge in [-0.3, -0.25) is 4.79 Å². The molecule has 0 atom stereocenters. The molecule has 1 aromatic carbocycles. The summed E-state index contributed by atoms with van der Waals surface area (Å²) in [6, 6.07) is 7.71. The number of amides is 1. The third kappa shape index (κ3) is 3.12. The third-order valence-electron chi connectivity index (χ3n) is 4.03. The fourth-order valence-corrected chi connectivity index (χ4v) is 4.11. The number of nitrogens with zero attached hydrogens (tertiary/aromatic N) is 1. The maximum absolute atomic E-state index is 12.6. The van der Waals surface area contributed by atoms with E-state index >= 15 is 0 Å². The SMILES string of the molecule is CC(C)(NC(=O)c1csc(-c2ccsc2)n1)c1ccc2c(c1)OCO2. The minimum atomic E-state index is -0.565. The van der Waals surface area contributed by atoms with Crippen molar-refractivity contribution in [3.05, 3.63) is 51.7 Å². The summed E-state index contributed by atoms with van der Waals surface area (Å²) in [5.41, 5.74) is 1.85. The number of benzene rings is 1. The van der Waals surface area contributed by atoms with Crippen LogP contribution in [0, 0.1) is 0 Å². The van der Waals surface area contributed by atoms with Crippen LogP contribution in [-0.4, -0.2) is 17.7 Å². The van der Waals surface area contributed by atoms with Crippen molar-refractivity contribution in [2.24, 2.45) is 0 Å². The highest BCUT2D eigenvalue weighted by atomic mass is 32.1. The summed E-state index contributed by atoms with van der Waals surface area (Å²) < 4.78 is 10.8. The second-order valence-corrected chi connectivity index (χ2v) is 7.84. The summed E-state index contributed by atoms with van der Waals surface area (Å²) in [5.74, 6) is 1.24. The molecule has 5 nitrogen and oxygen atoms in total. The van der Waals surface area contributed by atoms with E-state index in [4.69, 9.17) is 9.47 Å². The van der Waals surface area contributed by atoms with Gasteiger partial charge in [0.15, 0.2) is 11.5 Å². The van der Waals surface area contributed by atoms with Crippen LogP contribution in [0.15, 0.2) is 40.4 Å². The van der Waals surface area contributed by atoms with Gasteiger partial charge in [0.2, 0.25) is 6.79 Å². The van der Waals surface area contributed by atoms with Crippen molar-refractivity contribution in [3.8, 4) is 22.1 Å². The van der Waals surface area contributed by atoms with E-state index in [1.807, 2.05) is 48.9 Å². The number of carbonyl (C=O) groups excluding carboxylic acids is 1. The predicted molar refractivity (Wildman–Crippen MR) is 98.5 cm³/mol. The summed E-state index contributed by atoms with van der Waals surface area (Å²) in [4.78, 5) is 17.1. The average molecular weight is 372 g/mol. The van der Waals surface area contributed by atoms with E-state index in [0.717, 1.165) is 21.9 Å². The normalized spacial score (nSPS) is 13.0. The Morgan fingerprint density at radius 3 is 2.84 bits per heavy atom. The topological polar surface area (TPSA) is 60.5 Å². The Morgan fingerprint density at radius 2 is 2.04 bits per heavy atom. The van der Waals surface area contributed by atoms with E-state index in [1.54, 1.807) is 16.7 Å². The molecule has 0 aliphatic carbocycles. The Bertz CT molecular complexity index is 916. The molecule has 4 rings (SSSR count). The second-order valence-electron chi connectivity index (χ2n) is 6.20. The number of thiazole rings is 1. The molecule has 0 radical (unpaired) electrons. The molecule has 128 valence electrons. The highest BCUT2D eigenvalue weighted by Crippen LogP contribution is 2.35. The monoisotopic (exact) mass is 372 g/mol. The molecule has 1 aliphatic heterocycles. The van der Waals surface area contributed by atoms with Gasteiger partial charge in [-0.1, -0.05) is 6.07 Å². The first kappa shape index (κ1) is 16.1. The number of rotatable bonds is 4. The molecule has 0 fully saturated rings. The van der Waals surface area contributed by atoms with E-state index in [-0.39, 0.29) is 12.7 Å². The maximum atomic E-state index is 12.6. The van der Waals surface area contributed by atoms with Crippen molar-refractivity contribution in [1.82, 2.24) is 10.3 Å². The van der Waals surface area contributed by atoms with Gasteiger partial charge in [0.05, 0.1) is 5.54 Å². The van der Waals surface area contributed by atoms with Crippen LogP contribution in [0.3, 0.4) is 0 Å². The van der Waals surface area contributed by atoms with Crippen molar-refractivity contribution in [2.75, 3.05) is 6.79 Å². The van der Waals surface area contributed by atoms with E-state index < -0.39 is 5.54 Å². The molecule has 0 spiro atoms. The van der Waals surface area contributed by atoms with Crippen LogP contribution in [0.4, 0.5) is 0 Å². The van der Waals surface area contributed by atoms with E-state index in [9.17, 15) is 4.79 Å². The molecule has 0 saturated heterocycles. The van der Waals surface area contributed by atoms with Crippen LogP contribution in [0.2, 0.25) is 0 Å². The Hall–Kier alpha value is -2.38. The van der Waals surface area contributed by atoms with Gasteiger partial charge in [-0.25, -0.2) is 4.98 Å². The van der Waals surface area contributed by atoms with Crippen molar-refractivity contribution in [2.45, 2.75) is 19.4 Å². The van der Waals surface area contributed by atoms with Crippen molar-refractivity contribution in [3.63, 3.8) is 0 Å². The van der Waals surface area contributed by atoms with Crippen molar-refractivity contribution >= 4 is 28.6 Å². The lowest BCUT2D eigenvalue weighted by molar-refractivity contribution is 0.0907. The molecule has 7 heteroatoms. The first-order chi connectivity index (χ1) is 12.0. The quantitative estimate of drug-likeness (QED) is 0.743. The number of aromatic nitrogens is 1. The fraction of sp³-hybridized carbons (Fsp3) is 0.222. The number of fused-ring (bicyclic) bond motifs is 1. The standard InChI is InChI=1S/C18H16N2O3S2/c1-18(2,12-3-4-14-15(7-12)23-10-22-14)20-16(21)13-9-25-17(19-13)11-5-6-24-8-11/h3-9H,10H2,1-2H3,(H,20,21). The van der Waals surface area contributed by atoms with Gasteiger partial charge in [-0.2, -0.15) is 11.3 Å². The number of hydrogen-bond acceptors (Lipinski definition) is 6. The second kappa shape index (κ2) is 6.16. The van der Waals surface area contributed by atoms with Crippen LogP contribution >= 0.6 is 22.7 Å². The van der Waals surface area contributed by atoms with Crippen LogP contribution in [0.25, 0.3) is 10.6 Å². The smallest absolute Gasteiger partial charge is 0.271 e. The van der Waals surface area contributed by atoms with Crippen LogP contribution in [0.5, 0.6) is 11.5 Å². The summed E-state index contributed by atoms with van der Waals surface area (Å²) in [7, 11) is 0. The lowest BCUT2D eigenvalue weighted by Crippen LogP contribution is -2.41. The Labute approximate surface area is 153 Å². The summed E-state index contributed by atoms with van der Waals surface area (Å²) in [6.45, 7) is 4.14. The summed E-state index contributed by atoms with van der Waals surface area (Å²) >= 11 is 3.09. The zero-order valence-electron chi connectivity index (χ0n) is 13.7. The lowest BCUT2D eigenvalue weighted by Gasteiger charge is -2.26. The molecular formula is C18H16N2O3S2. The van der Waals surface area contributed by atoms with E-state index in [2.05, 4.69) is 10.3 Å². The molecule has 25 heavy (non-hydrogen) atoms. The zero-order valence-corrected chi connectivity index (χ0v) is 15.4. The largest absolute Gasteiger partial charge is 0.454 e. The minimum absolute atomic E-state index is 0.194. The van der Waals surface area contributed by atoms with E-state index in [1.165, 1.54) is 11.3 Å². The number of thiophene rings is 1. The Kier molecular flexibility index (Phi) is 3.97. The third-order valence-corrected chi connectivity index (χ3v) is 5.60. The summed E-state index contributed by atoms with van der Waals surface area (Å²) in [5, 5.41) is 9.72. The zero-order chi connectivity index (χ0) is 17.4. The molecule has 0 saturated carbocycles. The molecule has 3 heterocycles. The molecule has 1 N–H and O–H groups in total. The van der Waals surface area contributed by atoms with E-state index in [0.29, 0.717) is 11.4 Å². The van der Waals surface area contributed by atoms with Gasteiger partial charge in [0, 0.05) is 16.3 Å². The van der Waals surface area contributed by atoms with Crippen LogP contribution in [-0.2, 0) is 5.54 Å². The van der Waals surface area contributed by atoms with Gasteiger partial charge in [-0.05, 0) is 43.0 Å². The average Bonchev–Trinajstić information content (AvgIpc) is 3.32. The number of carbonyl (C=O) groups is 1. The highest BCUT2D eigenvalue weighted by Gasteiger charge is 2.27. The maximum Gasteiger partial charge on any atom is 0.271 e. The van der Waals surface area contributed by atoms with Gasteiger partial charge < -0.3 is 14.8 Å². The predicted octanol–water partition coefficient (Wildman–Crippen LogP) is 4.27. The highest BCUT2D eigenvalue weighted by molar-refractivity contribution is 7.14. The van der Waals surface area contributed by atoms with Gasteiger partial charge in [0.25, 0.3) is 5.91 Å². The molecular weight excluding hydrogens is 356 g/mol. The molecule has 1 aliphatic rings. The Balaban J connectivity index is 1.53. The first-order valence-corrected chi connectivity index (χ1v) is 9.56. The molecule has 0 bridgehead atoms. The first-order valence-electron chi connectivity index (χ1n) is 7.74. The van der Waals surface area contributed by atoms with Gasteiger partial charge in [-0.15, -0.1) is 11.3 Å². The number of ether oxygens (including phenoxy) is 2. The minimum Gasteiger partial charge on any atom is -0.454 e. The number of nitrogens with one attached hydrogen (secondary N) is 1. The number of hydrogen-bond donors (Lipinski definition) is 1. The van der Waals surface area contributed by atoms with Gasteiger partial charge >= 0.3 is 0 Å². The lowest BCUT2D eigenvalue weighted by atomic mass is 9.93. The molecule has 1 amide bonds. The fourth-order valence-electron chi connectivity index (χ4n) is 2.60. The van der Waals surface area contributed by atoms with Crippen molar-refractivity contribution < 1.29 is 14.3 Å². The summed E-state index contributed by atoms with van der Waals surface area (Å²) in [6.07, 6.45) is 0. The molecule has 3 aromatic rings. The molecule has 0 unspecified atom stereocenters. The molecule has 2 aromatic heterocycles. The van der Waals surface area contributed by atoms with Gasteiger partial charge in [0.1, 0.15) is 10.7 Å². The van der Waals surface area contributed by atoms with Crippen molar-refractivity contribution in [1.29, 1.82) is 0 Å². The van der Waals surface area contributed by atoms with Crippen LogP contribution in [0.1, 0.15) is 29.9 Å².